The monoisotopic (exact) mass is 473 g/mol. The topological polar surface area (TPSA) is 63.5 Å². The number of ether oxygens (including phenoxy) is 1. The van der Waals surface area contributed by atoms with Gasteiger partial charge >= 0.3 is 0 Å². The van der Waals surface area contributed by atoms with E-state index in [9.17, 15) is 4.79 Å². The Bertz CT molecular complexity index is 1120. The number of nitrogens with zero attached hydrogens (tertiary/aromatic N) is 5. The molecule has 2 aliphatic heterocycles. The highest BCUT2D eigenvalue weighted by Gasteiger charge is 2.31. The summed E-state index contributed by atoms with van der Waals surface area (Å²) in [5.74, 6) is 0.0682. The van der Waals surface area contributed by atoms with Crippen molar-refractivity contribution >= 4 is 40.3 Å². The molecule has 1 atom stereocenters. The van der Waals surface area contributed by atoms with Crippen molar-refractivity contribution in [1.82, 2.24) is 24.3 Å². The number of imidazole rings is 1. The van der Waals surface area contributed by atoms with Crippen LogP contribution < -0.4 is 4.74 Å². The van der Waals surface area contributed by atoms with Gasteiger partial charge in [-0.1, -0.05) is 23.2 Å². The summed E-state index contributed by atoms with van der Waals surface area (Å²) in [4.78, 5) is 26.3. The predicted molar refractivity (Wildman–Crippen MR) is 124 cm³/mol. The molecule has 0 N–H and O–H groups in total. The molecule has 4 heterocycles. The van der Waals surface area contributed by atoms with Crippen molar-refractivity contribution in [2.75, 3.05) is 33.2 Å². The highest BCUT2D eigenvalue weighted by molar-refractivity contribution is 6.34. The zero-order valence-corrected chi connectivity index (χ0v) is 19.4. The van der Waals surface area contributed by atoms with Gasteiger partial charge in [-0.3, -0.25) is 14.3 Å². The normalized spacial score (nSPS) is 19.8. The predicted octanol–water partition coefficient (Wildman–Crippen LogP) is 3.84. The van der Waals surface area contributed by atoms with Gasteiger partial charge in [-0.15, -0.1) is 0 Å². The number of aromatic nitrogens is 3. The molecule has 168 valence electrons. The SMILES string of the molecule is CN1CC(Oc2nc3ncccc3n2[C@H]2CCCN(C(=O)Cc3cc(Cl)cc(Cl)c3)C2)C1. The van der Waals surface area contributed by atoms with E-state index in [1.165, 1.54) is 0 Å². The molecule has 0 radical (unpaired) electrons. The first-order valence-electron chi connectivity index (χ1n) is 10.9. The maximum Gasteiger partial charge on any atom is 0.299 e. The Labute approximate surface area is 196 Å². The van der Waals surface area contributed by atoms with Crippen LogP contribution in [-0.2, 0) is 11.2 Å². The van der Waals surface area contributed by atoms with Crippen molar-refractivity contribution in [3.63, 3.8) is 0 Å². The molecule has 0 spiro atoms. The third-order valence-electron chi connectivity index (χ3n) is 6.13. The van der Waals surface area contributed by atoms with Gasteiger partial charge in [0.1, 0.15) is 6.10 Å². The van der Waals surface area contributed by atoms with Gasteiger partial charge in [-0.2, -0.15) is 4.98 Å². The van der Waals surface area contributed by atoms with E-state index in [1.54, 1.807) is 24.4 Å². The molecule has 2 aliphatic rings. The Hall–Kier alpha value is -2.35. The van der Waals surface area contributed by atoms with Crippen molar-refractivity contribution < 1.29 is 9.53 Å². The summed E-state index contributed by atoms with van der Waals surface area (Å²) in [6.45, 7) is 3.11. The first-order chi connectivity index (χ1) is 15.5. The van der Waals surface area contributed by atoms with Crippen molar-refractivity contribution in [3.8, 4) is 6.01 Å². The van der Waals surface area contributed by atoms with Crippen LogP contribution in [0.25, 0.3) is 11.2 Å². The third kappa shape index (κ3) is 4.42. The third-order valence-corrected chi connectivity index (χ3v) is 6.56. The van der Waals surface area contributed by atoms with E-state index in [1.807, 2.05) is 17.0 Å². The molecule has 5 rings (SSSR count). The average molecular weight is 474 g/mol. The molecule has 0 unspecified atom stereocenters. The zero-order chi connectivity index (χ0) is 22.2. The average Bonchev–Trinajstić information content (AvgIpc) is 3.10. The maximum absolute atomic E-state index is 13.1. The quantitative estimate of drug-likeness (QED) is 0.563. The van der Waals surface area contributed by atoms with Crippen LogP contribution in [0.15, 0.2) is 36.5 Å². The molecule has 32 heavy (non-hydrogen) atoms. The molecule has 9 heteroatoms. The highest BCUT2D eigenvalue weighted by Crippen LogP contribution is 2.32. The molecule has 2 saturated heterocycles. The minimum atomic E-state index is 0.0682. The van der Waals surface area contributed by atoms with E-state index in [4.69, 9.17) is 27.9 Å². The van der Waals surface area contributed by atoms with E-state index in [0.717, 1.165) is 43.6 Å². The molecule has 1 amide bonds. The number of halogens is 2. The van der Waals surface area contributed by atoms with E-state index in [2.05, 4.69) is 26.5 Å². The lowest BCUT2D eigenvalue weighted by atomic mass is 10.0. The van der Waals surface area contributed by atoms with Crippen molar-refractivity contribution in [2.24, 2.45) is 0 Å². The van der Waals surface area contributed by atoms with Crippen LogP contribution in [0.2, 0.25) is 10.0 Å². The van der Waals surface area contributed by atoms with Gasteiger partial charge in [0.15, 0.2) is 5.65 Å². The van der Waals surface area contributed by atoms with E-state index < -0.39 is 0 Å². The molecular formula is C23H25Cl2N5O2. The summed E-state index contributed by atoms with van der Waals surface area (Å²) in [5, 5.41) is 1.08. The number of likely N-dealkylation sites (tertiary alicyclic amines) is 2. The molecule has 7 nitrogen and oxygen atoms in total. The lowest BCUT2D eigenvalue weighted by molar-refractivity contribution is -0.132. The molecule has 0 saturated carbocycles. The van der Waals surface area contributed by atoms with Crippen molar-refractivity contribution in [3.05, 3.63) is 52.1 Å². The Morgan fingerprint density at radius 1 is 1.19 bits per heavy atom. The van der Waals surface area contributed by atoms with E-state index >= 15 is 0 Å². The fourth-order valence-corrected chi connectivity index (χ4v) is 5.17. The summed E-state index contributed by atoms with van der Waals surface area (Å²) < 4.78 is 8.38. The Morgan fingerprint density at radius 2 is 1.97 bits per heavy atom. The number of pyridine rings is 1. The van der Waals surface area contributed by atoms with E-state index in [0.29, 0.717) is 28.2 Å². The van der Waals surface area contributed by atoms with Gasteiger partial charge in [0, 0.05) is 42.4 Å². The number of amides is 1. The summed E-state index contributed by atoms with van der Waals surface area (Å²) in [7, 11) is 2.07. The largest absolute Gasteiger partial charge is 0.459 e. The van der Waals surface area contributed by atoms with Crippen LogP contribution >= 0.6 is 23.2 Å². The van der Waals surface area contributed by atoms with Crippen LogP contribution in [0.4, 0.5) is 0 Å². The van der Waals surface area contributed by atoms with Crippen LogP contribution in [-0.4, -0.2) is 69.6 Å². The number of rotatable bonds is 5. The van der Waals surface area contributed by atoms with Crippen molar-refractivity contribution in [2.45, 2.75) is 31.4 Å². The number of benzene rings is 1. The summed E-state index contributed by atoms with van der Waals surface area (Å²) in [6, 6.07) is 9.87. The lowest BCUT2D eigenvalue weighted by Crippen LogP contribution is -2.51. The number of hydrogen-bond donors (Lipinski definition) is 0. The molecule has 2 fully saturated rings. The lowest BCUT2D eigenvalue weighted by Gasteiger charge is -2.37. The summed E-state index contributed by atoms with van der Waals surface area (Å²) in [6.07, 6.45) is 4.01. The van der Waals surface area contributed by atoms with Crippen molar-refractivity contribution in [1.29, 1.82) is 0 Å². The summed E-state index contributed by atoms with van der Waals surface area (Å²) >= 11 is 12.2. The first kappa shape index (κ1) is 21.5. The van der Waals surface area contributed by atoms with Gasteiger partial charge < -0.3 is 9.64 Å². The minimum absolute atomic E-state index is 0.0682. The fraction of sp³-hybridized carbons (Fsp3) is 0.435. The van der Waals surface area contributed by atoms with Gasteiger partial charge in [-0.05, 0) is 55.8 Å². The second-order valence-electron chi connectivity index (χ2n) is 8.66. The fourth-order valence-electron chi connectivity index (χ4n) is 4.60. The van der Waals surface area contributed by atoms with E-state index in [-0.39, 0.29) is 24.5 Å². The number of piperidine rings is 1. The smallest absolute Gasteiger partial charge is 0.299 e. The van der Waals surface area contributed by atoms with Crippen LogP contribution in [0.5, 0.6) is 6.01 Å². The maximum atomic E-state index is 13.1. The first-order valence-corrected chi connectivity index (χ1v) is 11.6. The minimum Gasteiger partial charge on any atom is -0.459 e. The molecule has 2 aromatic heterocycles. The van der Waals surface area contributed by atoms with Crippen LogP contribution in [0.1, 0.15) is 24.4 Å². The second kappa shape index (κ2) is 8.89. The Kier molecular flexibility index (Phi) is 5.97. The van der Waals surface area contributed by atoms with Gasteiger partial charge in [0.25, 0.3) is 6.01 Å². The Balaban J connectivity index is 1.37. The van der Waals surface area contributed by atoms with Crippen LogP contribution in [0, 0.1) is 0 Å². The zero-order valence-electron chi connectivity index (χ0n) is 17.9. The summed E-state index contributed by atoms with van der Waals surface area (Å²) in [5.41, 5.74) is 2.44. The molecule has 0 bridgehead atoms. The number of carbonyl (C=O) groups excluding carboxylic acids is 1. The Morgan fingerprint density at radius 3 is 2.72 bits per heavy atom. The standard InChI is InChI=1S/C23H25Cl2N5O2/c1-28-13-19(14-28)32-23-27-22-20(5-2-6-26-22)30(23)18-4-3-7-29(12-18)21(31)10-15-8-16(24)11-17(25)9-15/h2,5-6,8-9,11,18-19H,3-4,7,10,12-14H2,1H3/t18-/m0/s1. The van der Waals surface area contributed by atoms with Crippen LogP contribution in [0.3, 0.4) is 0 Å². The van der Waals surface area contributed by atoms with Gasteiger partial charge in [0.05, 0.1) is 18.0 Å². The molecule has 1 aromatic carbocycles. The molecular weight excluding hydrogens is 449 g/mol. The second-order valence-corrected chi connectivity index (χ2v) is 9.53. The highest BCUT2D eigenvalue weighted by atomic mass is 35.5. The number of fused-ring (bicyclic) bond motifs is 1. The number of carbonyl (C=O) groups is 1. The number of hydrogen-bond acceptors (Lipinski definition) is 5. The van der Waals surface area contributed by atoms with Gasteiger partial charge in [0.2, 0.25) is 5.91 Å². The molecule has 0 aliphatic carbocycles. The molecule has 3 aromatic rings. The number of likely N-dealkylation sites (N-methyl/N-ethyl adjacent to an activating group) is 1. The van der Waals surface area contributed by atoms with Gasteiger partial charge in [-0.25, -0.2) is 4.98 Å².